The lowest BCUT2D eigenvalue weighted by Crippen LogP contribution is -1.94. The molecule has 0 aromatic carbocycles. The SMILES string of the molecule is C=Cc1ccnc(C(C)O)c1.N#CS. The van der Waals surface area contributed by atoms with Crippen molar-refractivity contribution < 1.29 is 5.11 Å². The molecule has 0 saturated heterocycles. The molecule has 74 valence electrons. The van der Waals surface area contributed by atoms with Gasteiger partial charge in [-0.1, -0.05) is 25.3 Å². The predicted molar refractivity (Wildman–Crippen MR) is 59.6 cm³/mol. The average molecular weight is 208 g/mol. The van der Waals surface area contributed by atoms with E-state index in [-0.39, 0.29) is 0 Å². The Morgan fingerprint density at radius 2 is 2.36 bits per heavy atom. The molecule has 0 radical (unpaired) electrons. The molecule has 0 aliphatic rings. The first-order valence-electron chi connectivity index (χ1n) is 3.95. The van der Waals surface area contributed by atoms with Gasteiger partial charge in [-0.2, -0.15) is 5.26 Å². The summed E-state index contributed by atoms with van der Waals surface area (Å²) in [6.45, 7) is 5.31. The van der Waals surface area contributed by atoms with Gasteiger partial charge in [0.1, 0.15) is 5.40 Å². The van der Waals surface area contributed by atoms with Gasteiger partial charge in [0, 0.05) is 6.20 Å². The first-order chi connectivity index (χ1) is 6.65. The number of aliphatic hydroxyl groups excluding tert-OH is 1. The zero-order valence-corrected chi connectivity index (χ0v) is 8.78. The number of aliphatic hydroxyl groups is 1. The van der Waals surface area contributed by atoms with E-state index in [2.05, 4.69) is 24.2 Å². The molecule has 1 rings (SSSR count). The highest BCUT2D eigenvalue weighted by Crippen LogP contribution is 2.10. The van der Waals surface area contributed by atoms with Crippen LogP contribution in [0.25, 0.3) is 6.08 Å². The highest BCUT2D eigenvalue weighted by molar-refractivity contribution is 7.85. The Morgan fingerprint density at radius 3 is 2.79 bits per heavy atom. The number of hydrogen-bond donors (Lipinski definition) is 2. The minimum absolute atomic E-state index is 0.505. The fraction of sp³-hybridized carbons (Fsp3) is 0.200. The second kappa shape index (κ2) is 7.13. The van der Waals surface area contributed by atoms with Crippen molar-refractivity contribution in [2.75, 3.05) is 0 Å². The van der Waals surface area contributed by atoms with Gasteiger partial charge in [-0.05, 0) is 24.6 Å². The second-order valence-electron chi connectivity index (χ2n) is 2.49. The van der Waals surface area contributed by atoms with Crippen molar-refractivity contribution in [3.05, 3.63) is 36.2 Å². The van der Waals surface area contributed by atoms with Gasteiger partial charge >= 0.3 is 0 Å². The molecule has 0 bridgehead atoms. The van der Waals surface area contributed by atoms with Gasteiger partial charge in [0.15, 0.2) is 0 Å². The molecule has 0 fully saturated rings. The molecule has 1 N–H and O–H groups in total. The third kappa shape index (κ3) is 4.65. The van der Waals surface area contributed by atoms with Gasteiger partial charge in [0.25, 0.3) is 0 Å². The Balaban J connectivity index is 0.000000500. The van der Waals surface area contributed by atoms with Crippen molar-refractivity contribution in [1.82, 2.24) is 4.98 Å². The number of thiocyanates is 1. The molecule has 4 heteroatoms. The van der Waals surface area contributed by atoms with E-state index in [0.717, 1.165) is 5.56 Å². The van der Waals surface area contributed by atoms with Crippen molar-refractivity contribution in [2.24, 2.45) is 0 Å². The van der Waals surface area contributed by atoms with Crippen LogP contribution in [0, 0.1) is 10.7 Å². The Hall–Kier alpha value is -1.31. The minimum Gasteiger partial charge on any atom is -0.387 e. The standard InChI is InChI=1S/C9H11NO.CHNS/c1-3-8-4-5-10-9(6-8)7(2)11;2-1-3/h3-7,11H,1H2,2H3;3H. The Morgan fingerprint density at radius 1 is 1.79 bits per heavy atom. The molecule has 14 heavy (non-hydrogen) atoms. The summed E-state index contributed by atoms with van der Waals surface area (Å²) in [5, 5.41) is 17.8. The van der Waals surface area contributed by atoms with Crippen molar-refractivity contribution in [1.29, 1.82) is 5.26 Å². The van der Waals surface area contributed by atoms with Crippen molar-refractivity contribution in [3.8, 4) is 5.40 Å². The van der Waals surface area contributed by atoms with Crippen LogP contribution in [0.1, 0.15) is 24.3 Å². The number of nitrogens with zero attached hydrogens (tertiary/aromatic N) is 2. The Bertz CT molecular complexity index is 331. The van der Waals surface area contributed by atoms with Gasteiger partial charge in [0.2, 0.25) is 0 Å². The largest absolute Gasteiger partial charge is 0.387 e. The lowest BCUT2D eigenvalue weighted by molar-refractivity contribution is 0.194. The third-order valence-corrected chi connectivity index (χ3v) is 1.47. The van der Waals surface area contributed by atoms with E-state index in [9.17, 15) is 0 Å². The summed E-state index contributed by atoms with van der Waals surface area (Å²) < 4.78 is 0. The summed E-state index contributed by atoms with van der Waals surface area (Å²) in [7, 11) is 0. The van der Waals surface area contributed by atoms with Gasteiger partial charge in [-0.15, -0.1) is 0 Å². The number of pyridine rings is 1. The molecule has 1 heterocycles. The molecule has 3 nitrogen and oxygen atoms in total. The Labute approximate surface area is 89.1 Å². The number of nitriles is 1. The van der Waals surface area contributed by atoms with E-state index in [0.29, 0.717) is 5.69 Å². The van der Waals surface area contributed by atoms with Crippen LogP contribution in [0.4, 0.5) is 0 Å². The molecule has 0 spiro atoms. The summed E-state index contributed by atoms with van der Waals surface area (Å²) in [6.07, 6.45) is 2.89. The molecular formula is C10H12N2OS. The predicted octanol–water partition coefficient (Wildman–Crippen LogP) is 2.18. The van der Waals surface area contributed by atoms with Crippen LogP contribution < -0.4 is 0 Å². The quantitative estimate of drug-likeness (QED) is 0.578. The van der Waals surface area contributed by atoms with E-state index < -0.39 is 6.10 Å². The van der Waals surface area contributed by atoms with Gasteiger partial charge < -0.3 is 5.11 Å². The van der Waals surface area contributed by atoms with Crippen LogP contribution in [0.15, 0.2) is 24.9 Å². The van der Waals surface area contributed by atoms with E-state index in [1.54, 1.807) is 19.2 Å². The van der Waals surface area contributed by atoms with Crippen LogP contribution in [-0.2, 0) is 0 Å². The van der Waals surface area contributed by atoms with E-state index >= 15 is 0 Å². The number of rotatable bonds is 2. The van der Waals surface area contributed by atoms with E-state index in [1.165, 1.54) is 5.40 Å². The fourth-order valence-corrected chi connectivity index (χ4v) is 0.821. The number of thiol groups is 1. The smallest absolute Gasteiger partial charge is 0.130 e. The van der Waals surface area contributed by atoms with E-state index in [4.69, 9.17) is 10.4 Å². The van der Waals surface area contributed by atoms with Crippen molar-refractivity contribution >= 4 is 18.7 Å². The zero-order chi connectivity index (χ0) is 11.0. The lowest BCUT2D eigenvalue weighted by atomic mass is 10.2. The van der Waals surface area contributed by atoms with Crippen molar-refractivity contribution in [2.45, 2.75) is 13.0 Å². The van der Waals surface area contributed by atoms with Gasteiger partial charge in [0.05, 0.1) is 11.8 Å². The fourth-order valence-electron chi connectivity index (χ4n) is 0.821. The molecule has 0 aliphatic carbocycles. The summed E-state index contributed by atoms with van der Waals surface area (Å²) in [5.41, 5.74) is 1.67. The maximum Gasteiger partial charge on any atom is 0.130 e. The molecule has 0 amide bonds. The lowest BCUT2D eigenvalue weighted by Gasteiger charge is -2.02. The highest BCUT2D eigenvalue weighted by Gasteiger charge is 2.00. The molecule has 0 saturated carbocycles. The van der Waals surface area contributed by atoms with Crippen LogP contribution in [0.2, 0.25) is 0 Å². The highest BCUT2D eigenvalue weighted by atomic mass is 32.1. The van der Waals surface area contributed by atoms with E-state index in [1.807, 2.05) is 12.1 Å². The minimum atomic E-state index is -0.505. The monoisotopic (exact) mass is 208 g/mol. The van der Waals surface area contributed by atoms with Crippen LogP contribution in [-0.4, -0.2) is 10.1 Å². The Kier molecular flexibility index (Phi) is 6.46. The second-order valence-corrected chi connectivity index (χ2v) is 2.69. The van der Waals surface area contributed by atoms with Crippen molar-refractivity contribution in [3.63, 3.8) is 0 Å². The number of hydrogen-bond acceptors (Lipinski definition) is 4. The van der Waals surface area contributed by atoms with Crippen LogP contribution in [0.5, 0.6) is 0 Å². The topological polar surface area (TPSA) is 56.9 Å². The zero-order valence-electron chi connectivity index (χ0n) is 7.88. The maximum atomic E-state index is 9.15. The normalized spacial score (nSPS) is 10.4. The summed E-state index contributed by atoms with van der Waals surface area (Å²) in [4.78, 5) is 3.99. The van der Waals surface area contributed by atoms with Crippen LogP contribution >= 0.6 is 12.6 Å². The van der Waals surface area contributed by atoms with Crippen LogP contribution in [0.3, 0.4) is 0 Å². The molecule has 1 aromatic rings. The molecule has 1 aromatic heterocycles. The average Bonchev–Trinajstić information content (AvgIpc) is 2.19. The van der Waals surface area contributed by atoms with Gasteiger partial charge in [-0.3, -0.25) is 4.98 Å². The number of aromatic nitrogens is 1. The molecular weight excluding hydrogens is 196 g/mol. The first kappa shape index (κ1) is 12.7. The maximum absolute atomic E-state index is 9.15. The summed E-state index contributed by atoms with van der Waals surface area (Å²) >= 11 is 3.09. The third-order valence-electron chi connectivity index (χ3n) is 1.47. The summed E-state index contributed by atoms with van der Waals surface area (Å²) in [5.74, 6) is 0. The molecule has 0 aliphatic heterocycles. The molecule has 1 unspecified atom stereocenters. The molecule has 1 atom stereocenters. The summed E-state index contributed by atoms with van der Waals surface area (Å²) in [6, 6.07) is 3.66. The van der Waals surface area contributed by atoms with Gasteiger partial charge in [-0.25, -0.2) is 0 Å². The first-order valence-corrected chi connectivity index (χ1v) is 4.40.